The van der Waals surface area contributed by atoms with E-state index in [0.717, 1.165) is 16.3 Å². The second-order valence-corrected chi connectivity index (χ2v) is 6.42. The number of pyridine rings is 1. The van der Waals surface area contributed by atoms with Crippen LogP contribution in [0.1, 0.15) is 11.3 Å². The van der Waals surface area contributed by atoms with Crippen molar-refractivity contribution in [2.75, 3.05) is 5.84 Å². The van der Waals surface area contributed by atoms with Gasteiger partial charge >= 0.3 is 5.69 Å². The first-order valence-electron chi connectivity index (χ1n) is 6.94. The molecule has 1 aromatic heterocycles. The average Bonchev–Trinajstić information content (AvgIpc) is 2.55. The molecule has 6 nitrogen and oxygen atoms in total. The fourth-order valence-electron chi connectivity index (χ4n) is 2.06. The normalized spacial score (nSPS) is 10.5. The molecule has 24 heavy (non-hydrogen) atoms. The number of nitriles is 1. The van der Waals surface area contributed by atoms with Gasteiger partial charge in [-0.05, 0) is 30.5 Å². The van der Waals surface area contributed by atoms with Crippen LogP contribution in [0.3, 0.4) is 0 Å². The van der Waals surface area contributed by atoms with Gasteiger partial charge in [0.1, 0.15) is 10.1 Å². The minimum atomic E-state index is -4.27. The summed E-state index contributed by atoms with van der Waals surface area (Å²) in [4.78, 5) is -0.178. The van der Waals surface area contributed by atoms with Crippen LogP contribution in [-0.4, -0.2) is 13.0 Å². The van der Waals surface area contributed by atoms with Crippen LogP contribution in [-0.2, 0) is 10.1 Å². The van der Waals surface area contributed by atoms with Crippen molar-refractivity contribution in [3.05, 3.63) is 72.1 Å². The highest BCUT2D eigenvalue weighted by Gasteiger charge is 2.10. The minimum absolute atomic E-state index is 0.178. The van der Waals surface area contributed by atoms with Gasteiger partial charge in [-0.25, -0.2) is 14.3 Å². The number of rotatable bonds is 1. The molecule has 122 valence electrons. The van der Waals surface area contributed by atoms with Gasteiger partial charge < -0.3 is 4.55 Å². The van der Waals surface area contributed by atoms with Crippen molar-refractivity contribution < 1.29 is 17.6 Å². The number of benzene rings is 2. The van der Waals surface area contributed by atoms with Crippen molar-refractivity contribution >= 4 is 20.9 Å². The molecule has 0 saturated carbocycles. The first-order valence-corrected chi connectivity index (χ1v) is 8.35. The number of aryl methyl sites for hydroxylation is 1. The number of aromatic nitrogens is 1. The van der Waals surface area contributed by atoms with Gasteiger partial charge in [-0.1, -0.05) is 40.6 Å². The molecule has 3 aromatic rings. The number of hydrogen-bond donors (Lipinski definition) is 1. The molecular weight excluding hydrogens is 326 g/mol. The van der Waals surface area contributed by atoms with Gasteiger partial charge in [-0.15, -0.1) is 0 Å². The summed E-state index contributed by atoms with van der Waals surface area (Å²) in [5, 5.41) is 10.8. The van der Waals surface area contributed by atoms with E-state index >= 15 is 0 Å². The molecule has 0 spiro atoms. The molecule has 1 heterocycles. The predicted molar refractivity (Wildman–Crippen MR) is 88.2 cm³/mol. The average molecular weight is 341 g/mol. The summed E-state index contributed by atoms with van der Waals surface area (Å²) in [5.74, 6) is 5.59. The molecule has 2 aromatic carbocycles. The first-order chi connectivity index (χ1) is 11.3. The zero-order chi connectivity index (χ0) is 17.7. The van der Waals surface area contributed by atoms with E-state index in [9.17, 15) is 13.0 Å². The van der Waals surface area contributed by atoms with Gasteiger partial charge in [0.2, 0.25) is 6.20 Å². The second kappa shape index (κ2) is 7.08. The Bertz CT molecular complexity index is 1010. The molecule has 0 amide bonds. The molecule has 0 aliphatic carbocycles. The topological polar surface area (TPSA) is 111 Å². The summed E-state index contributed by atoms with van der Waals surface area (Å²) >= 11 is 0. The van der Waals surface area contributed by atoms with E-state index in [0.29, 0.717) is 5.69 Å². The summed E-state index contributed by atoms with van der Waals surface area (Å²) in [7, 11) is -4.27. The van der Waals surface area contributed by atoms with Gasteiger partial charge in [-0.3, -0.25) is 0 Å². The number of nitrogens with two attached hydrogens (primary N) is 1. The van der Waals surface area contributed by atoms with E-state index in [1.54, 1.807) is 18.3 Å². The maximum atomic E-state index is 10.4. The Balaban J connectivity index is 0.000000177. The fraction of sp³-hybridized carbons (Fsp3) is 0.0588. The van der Waals surface area contributed by atoms with Gasteiger partial charge in [0.25, 0.3) is 0 Å². The highest BCUT2D eigenvalue weighted by atomic mass is 32.2. The van der Waals surface area contributed by atoms with Crippen LogP contribution in [0.4, 0.5) is 0 Å². The summed E-state index contributed by atoms with van der Waals surface area (Å²) in [6.07, 6.45) is 1.68. The molecule has 0 saturated heterocycles. The lowest BCUT2D eigenvalue weighted by Crippen LogP contribution is -2.47. The molecule has 7 heteroatoms. The molecule has 0 radical (unpaired) electrons. The lowest BCUT2D eigenvalue weighted by Gasteiger charge is -2.05. The lowest BCUT2D eigenvalue weighted by molar-refractivity contribution is -0.640. The van der Waals surface area contributed by atoms with E-state index in [2.05, 4.69) is 6.07 Å². The second-order valence-electron chi connectivity index (χ2n) is 5.04. The Hall–Kier alpha value is -2.95. The molecular formula is C17H15N3O3S. The maximum absolute atomic E-state index is 10.4. The van der Waals surface area contributed by atoms with E-state index in [-0.39, 0.29) is 4.90 Å². The Morgan fingerprint density at radius 2 is 1.71 bits per heavy atom. The molecule has 0 aliphatic heterocycles. The molecule has 0 fully saturated rings. The Morgan fingerprint density at radius 3 is 2.29 bits per heavy atom. The summed E-state index contributed by atoms with van der Waals surface area (Å²) < 4.78 is 32.5. The Kier molecular flexibility index (Phi) is 5.14. The van der Waals surface area contributed by atoms with Gasteiger partial charge in [-0.2, -0.15) is 5.26 Å². The van der Waals surface area contributed by atoms with Crippen LogP contribution >= 0.6 is 0 Å². The van der Waals surface area contributed by atoms with Crippen LogP contribution in [0.15, 0.2) is 65.7 Å². The number of nitrogen functional groups attached to an aromatic ring is 1. The quantitative estimate of drug-likeness (QED) is 0.411. The largest absolute Gasteiger partial charge is 0.744 e. The standard InChI is InChI=1S/C10H8N3.C7H8O3S/c11-7-10-9-4-2-1-3-8(9)5-6-13(10)12;1-6-2-4-7(5-3-6)11(8,9)10/h1-6H,12H2;2-5H,1H3,(H,8,9,10)/q+1;/p-1. The summed E-state index contributed by atoms with van der Waals surface area (Å²) in [6, 6.07) is 17.4. The molecule has 0 unspecified atom stereocenters. The van der Waals surface area contributed by atoms with Crippen molar-refractivity contribution in [2.45, 2.75) is 11.8 Å². The van der Waals surface area contributed by atoms with Crippen molar-refractivity contribution in [1.82, 2.24) is 0 Å². The Labute approximate surface area is 140 Å². The predicted octanol–water partition coefficient (Wildman–Crippen LogP) is 1.61. The van der Waals surface area contributed by atoms with Crippen LogP contribution in [0.25, 0.3) is 10.8 Å². The number of fused-ring (bicyclic) bond motifs is 1. The van der Waals surface area contributed by atoms with E-state index in [1.807, 2.05) is 37.3 Å². The molecule has 0 aliphatic rings. The zero-order valence-electron chi connectivity index (χ0n) is 12.9. The molecule has 3 rings (SSSR count). The minimum Gasteiger partial charge on any atom is -0.744 e. The van der Waals surface area contributed by atoms with Crippen molar-refractivity contribution in [2.24, 2.45) is 0 Å². The van der Waals surface area contributed by atoms with E-state index in [1.165, 1.54) is 16.8 Å². The van der Waals surface area contributed by atoms with Crippen LogP contribution < -0.4 is 10.5 Å². The Morgan fingerprint density at radius 1 is 1.08 bits per heavy atom. The summed E-state index contributed by atoms with van der Waals surface area (Å²) in [6.45, 7) is 1.82. The fourth-order valence-corrected chi connectivity index (χ4v) is 2.52. The van der Waals surface area contributed by atoms with Crippen LogP contribution in [0, 0.1) is 18.3 Å². The monoisotopic (exact) mass is 341 g/mol. The van der Waals surface area contributed by atoms with Crippen LogP contribution in [0.5, 0.6) is 0 Å². The van der Waals surface area contributed by atoms with Gasteiger partial charge in [0.15, 0.2) is 6.07 Å². The zero-order valence-corrected chi connectivity index (χ0v) is 13.7. The first kappa shape index (κ1) is 17.4. The van der Waals surface area contributed by atoms with Crippen molar-refractivity contribution in [3.63, 3.8) is 0 Å². The maximum Gasteiger partial charge on any atom is 0.319 e. The van der Waals surface area contributed by atoms with Crippen molar-refractivity contribution in [3.8, 4) is 6.07 Å². The van der Waals surface area contributed by atoms with Gasteiger partial charge in [0, 0.05) is 6.07 Å². The van der Waals surface area contributed by atoms with E-state index in [4.69, 9.17) is 11.1 Å². The highest BCUT2D eigenvalue weighted by molar-refractivity contribution is 7.85. The molecule has 0 atom stereocenters. The van der Waals surface area contributed by atoms with Crippen molar-refractivity contribution in [1.29, 1.82) is 5.26 Å². The third kappa shape index (κ3) is 4.07. The highest BCUT2D eigenvalue weighted by Crippen LogP contribution is 2.13. The van der Waals surface area contributed by atoms with Gasteiger partial charge in [0.05, 0.1) is 10.3 Å². The number of nitrogens with zero attached hydrogens (tertiary/aromatic N) is 2. The number of hydrogen-bond acceptors (Lipinski definition) is 5. The summed E-state index contributed by atoms with van der Waals surface area (Å²) in [5.41, 5.74) is 1.41. The molecule has 2 N–H and O–H groups in total. The lowest BCUT2D eigenvalue weighted by atomic mass is 10.1. The third-order valence-electron chi connectivity index (χ3n) is 3.30. The SMILES string of the molecule is Cc1ccc(S(=O)(=O)[O-])cc1.N#Cc1c2ccccc2cc[n+]1N. The van der Waals surface area contributed by atoms with Crippen LogP contribution in [0.2, 0.25) is 0 Å². The third-order valence-corrected chi connectivity index (χ3v) is 4.15. The molecule has 0 bridgehead atoms. The van der Waals surface area contributed by atoms with E-state index < -0.39 is 10.1 Å². The smallest absolute Gasteiger partial charge is 0.319 e.